The Bertz CT molecular complexity index is 522. The van der Waals surface area contributed by atoms with Gasteiger partial charge in [0.05, 0.1) is 21.3 Å². The van der Waals surface area contributed by atoms with E-state index >= 15 is 0 Å². The average Bonchev–Trinajstić information content (AvgIpc) is 2.42. The van der Waals surface area contributed by atoms with E-state index in [-0.39, 0.29) is 27.2 Å². The highest BCUT2D eigenvalue weighted by Crippen LogP contribution is 2.46. The summed E-state index contributed by atoms with van der Waals surface area (Å²) in [5.41, 5.74) is 4.98. The third kappa shape index (κ3) is 2.83. The maximum absolute atomic E-state index is 11.7. The molecule has 20 heavy (non-hydrogen) atoms. The zero-order chi connectivity index (χ0) is 15.4. The van der Waals surface area contributed by atoms with Crippen molar-refractivity contribution in [3.63, 3.8) is 0 Å². The van der Waals surface area contributed by atoms with Crippen LogP contribution in [0.15, 0.2) is 6.07 Å². The van der Waals surface area contributed by atoms with Crippen LogP contribution in [0.5, 0.6) is 11.5 Å². The number of benzene rings is 1. The molecule has 3 amide bonds. The summed E-state index contributed by atoms with van der Waals surface area (Å²) in [6, 6.07) is 0.293. The largest absolute Gasteiger partial charge is 0.495 e. The topological polar surface area (TPSA) is 91.1 Å². The second kappa shape index (κ2) is 6.53. The lowest BCUT2D eigenvalue weighted by atomic mass is 10.2. The normalized spacial score (nSPS) is 9.85. The van der Waals surface area contributed by atoms with Crippen LogP contribution in [0.4, 0.5) is 15.3 Å². The molecule has 0 aliphatic heterocycles. The van der Waals surface area contributed by atoms with Gasteiger partial charge in [0.15, 0.2) is 0 Å². The van der Waals surface area contributed by atoms with Gasteiger partial charge in [-0.2, -0.15) is 4.90 Å². The lowest BCUT2D eigenvalue weighted by Gasteiger charge is -2.21. The van der Waals surface area contributed by atoms with Gasteiger partial charge in [-0.3, -0.25) is 0 Å². The number of nitrogens with zero attached hydrogens (tertiary/aromatic N) is 1. The summed E-state index contributed by atoms with van der Waals surface area (Å²) in [5, 5.41) is -0.162. The fourth-order valence-corrected chi connectivity index (χ4v) is 2.12. The van der Waals surface area contributed by atoms with Crippen LogP contribution in [0.3, 0.4) is 0 Å². The van der Waals surface area contributed by atoms with Crippen LogP contribution in [0, 0.1) is 0 Å². The molecule has 110 valence electrons. The van der Waals surface area contributed by atoms with Gasteiger partial charge in [0.25, 0.3) is 0 Å². The summed E-state index contributed by atoms with van der Waals surface area (Å²) in [6.45, 7) is 0. The molecule has 0 bridgehead atoms. The van der Waals surface area contributed by atoms with E-state index in [0.717, 1.165) is 7.11 Å². The second-order valence-corrected chi connectivity index (χ2v) is 4.16. The Labute approximate surface area is 125 Å². The number of hydrogen-bond donors (Lipinski definition) is 1. The number of rotatable bonds is 3. The van der Waals surface area contributed by atoms with E-state index in [1.807, 2.05) is 0 Å². The summed E-state index contributed by atoms with van der Waals surface area (Å²) < 4.78 is 14.5. The molecule has 0 fully saturated rings. The molecule has 0 aromatic heterocycles. The van der Waals surface area contributed by atoms with Crippen LogP contribution >= 0.6 is 23.2 Å². The van der Waals surface area contributed by atoms with Gasteiger partial charge in [-0.1, -0.05) is 23.2 Å². The van der Waals surface area contributed by atoms with E-state index in [9.17, 15) is 9.59 Å². The van der Waals surface area contributed by atoms with Crippen molar-refractivity contribution in [2.75, 3.05) is 26.2 Å². The number of imide groups is 1. The molecule has 0 heterocycles. The Kier molecular flexibility index (Phi) is 5.29. The van der Waals surface area contributed by atoms with E-state index < -0.39 is 12.1 Å². The molecule has 0 aliphatic carbocycles. The number of ether oxygens (including phenoxy) is 3. The molecule has 0 radical (unpaired) electrons. The first-order valence-corrected chi connectivity index (χ1v) is 5.92. The number of carbonyl (C=O) groups excluding carboxylic acids is 2. The average molecular weight is 323 g/mol. The van der Waals surface area contributed by atoms with Crippen LogP contribution in [0.2, 0.25) is 10.0 Å². The Hall–Kier alpha value is -1.86. The van der Waals surface area contributed by atoms with Crippen LogP contribution in [0.25, 0.3) is 0 Å². The molecule has 0 spiro atoms. The number of carbonyl (C=O) groups is 2. The number of methoxy groups -OCH3 is 3. The molecule has 0 unspecified atom stereocenters. The molecular formula is C11H12Cl2N2O5. The minimum atomic E-state index is -1.11. The third-order valence-electron chi connectivity index (χ3n) is 2.35. The van der Waals surface area contributed by atoms with Crippen molar-refractivity contribution in [1.82, 2.24) is 0 Å². The van der Waals surface area contributed by atoms with Crippen molar-refractivity contribution < 1.29 is 23.8 Å². The predicted molar refractivity (Wildman–Crippen MR) is 74.0 cm³/mol. The Morgan fingerprint density at radius 1 is 1.10 bits per heavy atom. The maximum Gasteiger partial charge on any atom is 0.422 e. The van der Waals surface area contributed by atoms with Crippen molar-refractivity contribution in [1.29, 1.82) is 0 Å². The molecule has 0 aliphatic rings. The van der Waals surface area contributed by atoms with Gasteiger partial charge in [0.2, 0.25) is 0 Å². The van der Waals surface area contributed by atoms with Crippen molar-refractivity contribution >= 4 is 41.0 Å². The van der Waals surface area contributed by atoms with Crippen LogP contribution in [-0.4, -0.2) is 33.5 Å². The minimum absolute atomic E-state index is 0.0810. The molecule has 1 aromatic rings. The number of urea groups is 1. The zero-order valence-electron chi connectivity index (χ0n) is 10.9. The molecule has 0 saturated heterocycles. The summed E-state index contributed by atoms with van der Waals surface area (Å²) >= 11 is 12.1. The van der Waals surface area contributed by atoms with Crippen molar-refractivity contribution in [3.8, 4) is 11.5 Å². The molecule has 7 nitrogen and oxygen atoms in total. The van der Waals surface area contributed by atoms with Crippen LogP contribution < -0.4 is 20.1 Å². The minimum Gasteiger partial charge on any atom is -0.495 e. The SMILES string of the molecule is COC(=O)N(C(N)=O)c1c(Cl)c(OC)cc(OC)c1Cl. The predicted octanol–water partition coefficient (Wildman–Crippen LogP) is 2.66. The first-order valence-electron chi connectivity index (χ1n) is 5.16. The monoisotopic (exact) mass is 322 g/mol. The molecule has 2 N–H and O–H groups in total. The Balaban J connectivity index is 3.62. The zero-order valence-corrected chi connectivity index (χ0v) is 12.4. The number of halogens is 2. The van der Waals surface area contributed by atoms with Gasteiger partial charge < -0.3 is 19.9 Å². The van der Waals surface area contributed by atoms with Gasteiger partial charge in [-0.05, 0) is 0 Å². The number of anilines is 1. The fourth-order valence-electron chi connectivity index (χ4n) is 1.45. The lowest BCUT2D eigenvalue weighted by Crippen LogP contribution is -2.41. The number of amides is 3. The van der Waals surface area contributed by atoms with Crippen molar-refractivity contribution in [3.05, 3.63) is 16.1 Å². The van der Waals surface area contributed by atoms with Crippen LogP contribution in [0.1, 0.15) is 0 Å². The van der Waals surface area contributed by atoms with E-state index in [2.05, 4.69) is 4.74 Å². The molecular weight excluding hydrogens is 311 g/mol. The number of nitrogens with two attached hydrogens (primary N) is 1. The van der Waals surface area contributed by atoms with Gasteiger partial charge in [0, 0.05) is 6.07 Å². The van der Waals surface area contributed by atoms with E-state index in [4.69, 9.17) is 38.4 Å². The Morgan fingerprint density at radius 3 is 1.85 bits per heavy atom. The highest BCUT2D eigenvalue weighted by atomic mass is 35.5. The summed E-state index contributed by atoms with van der Waals surface area (Å²) in [4.78, 5) is 23.6. The van der Waals surface area contributed by atoms with E-state index in [1.165, 1.54) is 20.3 Å². The first-order chi connectivity index (χ1) is 9.38. The summed E-state index contributed by atoms with van der Waals surface area (Å²) in [6.07, 6.45) is -1.04. The van der Waals surface area contributed by atoms with Gasteiger partial charge in [-0.15, -0.1) is 0 Å². The smallest absolute Gasteiger partial charge is 0.422 e. The maximum atomic E-state index is 11.7. The highest BCUT2D eigenvalue weighted by Gasteiger charge is 2.30. The van der Waals surface area contributed by atoms with Crippen LogP contribution in [-0.2, 0) is 4.74 Å². The van der Waals surface area contributed by atoms with Gasteiger partial charge in [0.1, 0.15) is 27.2 Å². The standard InChI is InChI=1S/C11H12Cl2N2O5/c1-18-5-4-6(19-2)8(13)9(7(5)12)15(10(14)16)11(17)20-3/h4H,1-3H3,(H2,14,16). The second-order valence-electron chi connectivity index (χ2n) is 3.40. The van der Waals surface area contributed by atoms with E-state index in [0.29, 0.717) is 4.90 Å². The van der Waals surface area contributed by atoms with Crippen molar-refractivity contribution in [2.24, 2.45) is 5.73 Å². The highest BCUT2D eigenvalue weighted by molar-refractivity contribution is 6.43. The van der Waals surface area contributed by atoms with Crippen molar-refractivity contribution in [2.45, 2.75) is 0 Å². The molecule has 9 heteroatoms. The molecule has 0 atom stereocenters. The third-order valence-corrected chi connectivity index (χ3v) is 3.08. The summed E-state index contributed by atoms with van der Waals surface area (Å²) in [7, 11) is 3.79. The molecule has 1 rings (SSSR count). The molecule has 1 aromatic carbocycles. The van der Waals surface area contributed by atoms with Gasteiger partial charge >= 0.3 is 12.1 Å². The molecule has 0 saturated carbocycles. The first kappa shape index (κ1) is 16.2. The Morgan fingerprint density at radius 2 is 1.55 bits per heavy atom. The van der Waals surface area contributed by atoms with E-state index in [1.54, 1.807) is 0 Å². The summed E-state index contributed by atoms with van der Waals surface area (Å²) in [5.74, 6) is 0.302. The number of primary amides is 1. The lowest BCUT2D eigenvalue weighted by molar-refractivity contribution is 0.179. The number of hydrogen-bond acceptors (Lipinski definition) is 5. The van der Waals surface area contributed by atoms with Gasteiger partial charge in [-0.25, -0.2) is 9.59 Å². The quantitative estimate of drug-likeness (QED) is 0.923. The fraction of sp³-hybridized carbons (Fsp3) is 0.273.